The van der Waals surface area contributed by atoms with E-state index >= 15 is 0 Å². The molecule has 0 saturated carbocycles. The number of hydrogen-bond donors (Lipinski definition) is 2. The van der Waals surface area contributed by atoms with Gasteiger partial charge in [-0.3, -0.25) is 25.0 Å². The highest BCUT2D eigenvalue weighted by Gasteiger charge is 2.18. The summed E-state index contributed by atoms with van der Waals surface area (Å²) in [7, 11) is 0. The highest BCUT2D eigenvalue weighted by molar-refractivity contribution is 5.96. The van der Waals surface area contributed by atoms with Gasteiger partial charge >= 0.3 is 5.97 Å². The molecule has 2 aromatic rings. The van der Waals surface area contributed by atoms with Crippen LogP contribution in [0.15, 0.2) is 36.4 Å². The average molecular weight is 374 g/mol. The first-order valence-corrected chi connectivity index (χ1v) is 7.45. The van der Waals surface area contributed by atoms with Crippen LogP contribution in [-0.2, 0) is 9.53 Å². The number of nitrogens with two attached hydrogens (primary N) is 1. The van der Waals surface area contributed by atoms with Gasteiger partial charge in [0.1, 0.15) is 5.69 Å². The number of ether oxygens (including phenoxy) is 1. The summed E-state index contributed by atoms with van der Waals surface area (Å²) in [6.07, 6.45) is 0. The van der Waals surface area contributed by atoms with E-state index in [1.807, 2.05) is 0 Å². The summed E-state index contributed by atoms with van der Waals surface area (Å²) < 4.78 is 4.81. The number of carbonyl (C=O) groups is 2. The summed E-state index contributed by atoms with van der Waals surface area (Å²) in [4.78, 5) is 44.1. The number of esters is 1. The molecule has 3 N–H and O–H groups in total. The molecule has 0 aliphatic carbocycles. The maximum Gasteiger partial charge on any atom is 0.338 e. The number of anilines is 2. The molecule has 0 unspecified atom stereocenters. The third-order valence-electron chi connectivity index (χ3n) is 3.50. The molecule has 140 valence electrons. The van der Waals surface area contributed by atoms with Gasteiger partial charge in [-0.15, -0.1) is 0 Å². The number of nitro groups is 2. The number of non-ortho nitro benzene ring substituents is 1. The molecule has 0 saturated heterocycles. The van der Waals surface area contributed by atoms with Crippen LogP contribution in [0.4, 0.5) is 22.7 Å². The van der Waals surface area contributed by atoms with E-state index < -0.39 is 34.0 Å². The quantitative estimate of drug-likeness (QED) is 0.335. The number of nitrogens with one attached hydrogen (secondary N) is 1. The molecular weight excluding hydrogens is 360 g/mol. The average Bonchev–Trinajstić information content (AvgIpc) is 2.61. The van der Waals surface area contributed by atoms with Crippen LogP contribution in [0.3, 0.4) is 0 Å². The van der Waals surface area contributed by atoms with Gasteiger partial charge in [0, 0.05) is 18.2 Å². The molecule has 0 spiro atoms. The number of hydrogen-bond acceptors (Lipinski definition) is 8. The van der Waals surface area contributed by atoms with Crippen molar-refractivity contribution in [2.75, 3.05) is 17.7 Å². The molecule has 0 bridgehead atoms. The van der Waals surface area contributed by atoms with Crippen LogP contribution >= 0.6 is 0 Å². The molecule has 0 aliphatic rings. The van der Waals surface area contributed by atoms with Gasteiger partial charge < -0.3 is 15.8 Å². The van der Waals surface area contributed by atoms with E-state index in [9.17, 15) is 29.8 Å². The Morgan fingerprint density at radius 1 is 1.11 bits per heavy atom. The van der Waals surface area contributed by atoms with Crippen molar-refractivity contribution < 1.29 is 24.2 Å². The van der Waals surface area contributed by atoms with Gasteiger partial charge in [-0.25, -0.2) is 4.79 Å². The normalized spacial score (nSPS) is 10.1. The van der Waals surface area contributed by atoms with Gasteiger partial charge in [0.25, 0.3) is 17.3 Å². The zero-order valence-electron chi connectivity index (χ0n) is 14.0. The van der Waals surface area contributed by atoms with Crippen LogP contribution < -0.4 is 11.1 Å². The molecule has 0 atom stereocenters. The fourth-order valence-electron chi connectivity index (χ4n) is 2.09. The van der Waals surface area contributed by atoms with E-state index in [-0.39, 0.29) is 22.6 Å². The van der Waals surface area contributed by atoms with Crippen LogP contribution in [0.2, 0.25) is 0 Å². The number of amides is 1. The second kappa shape index (κ2) is 7.91. The Kier molecular flexibility index (Phi) is 5.65. The van der Waals surface area contributed by atoms with Crippen LogP contribution in [0.5, 0.6) is 0 Å². The number of rotatable bonds is 6. The van der Waals surface area contributed by atoms with Crippen molar-refractivity contribution in [3.8, 4) is 0 Å². The minimum Gasteiger partial charge on any atom is -0.452 e. The Hall–Kier alpha value is -4.02. The van der Waals surface area contributed by atoms with Crippen molar-refractivity contribution in [3.63, 3.8) is 0 Å². The van der Waals surface area contributed by atoms with Crippen molar-refractivity contribution in [2.24, 2.45) is 0 Å². The Morgan fingerprint density at radius 3 is 2.44 bits per heavy atom. The lowest BCUT2D eigenvalue weighted by atomic mass is 10.2. The molecule has 0 radical (unpaired) electrons. The molecule has 0 aliphatic heterocycles. The summed E-state index contributed by atoms with van der Waals surface area (Å²) in [6, 6.07) is 7.29. The Labute approximate surface area is 152 Å². The Morgan fingerprint density at radius 2 is 1.81 bits per heavy atom. The predicted molar refractivity (Wildman–Crippen MR) is 94.3 cm³/mol. The summed E-state index contributed by atoms with van der Waals surface area (Å²) in [5, 5.41) is 24.0. The van der Waals surface area contributed by atoms with E-state index in [0.29, 0.717) is 5.56 Å². The van der Waals surface area contributed by atoms with Gasteiger partial charge in [0.05, 0.1) is 21.1 Å². The van der Waals surface area contributed by atoms with Crippen molar-refractivity contribution in [1.82, 2.24) is 0 Å². The minimum absolute atomic E-state index is 0.115. The number of carbonyl (C=O) groups excluding carboxylic acids is 2. The fourth-order valence-corrected chi connectivity index (χ4v) is 2.09. The third-order valence-corrected chi connectivity index (χ3v) is 3.50. The first kappa shape index (κ1) is 19.3. The lowest BCUT2D eigenvalue weighted by Crippen LogP contribution is -2.21. The monoisotopic (exact) mass is 374 g/mol. The molecule has 1 amide bonds. The molecule has 0 heterocycles. The van der Waals surface area contributed by atoms with Crippen molar-refractivity contribution in [3.05, 3.63) is 67.8 Å². The lowest BCUT2D eigenvalue weighted by Gasteiger charge is -2.09. The molecule has 2 aromatic carbocycles. The molecular formula is C16H14N4O7. The smallest absolute Gasteiger partial charge is 0.338 e. The Balaban J connectivity index is 2.03. The first-order chi connectivity index (χ1) is 12.7. The predicted octanol–water partition coefficient (Wildman–Crippen LogP) is 2.19. The number of aryl methyl sites for hydroxylation is 1. The fraction of sp³-hybridized carbons (Fsp3) is 0.125. The first-order valence-electron chi connectivity index (χ1n) is 7.45. The summed E-state index contributed by atoms with van der Waals surface area (Å²) in [5.74, 6) is -1.68. The van der Waals surface area contributed by atoms with Gasteiger partial charge in [-0.05, 0) is 24.6 Å². The molecule has 0 aromatic heterocycles. The highest BCUT2D eigenvalue weighted by Crippen LogP contribution is 2.23. The van der Waals surface area contributed by atoms with E-state index in [2.05, 4.69) is 5.32 Å². The second-order valence-electron chi connectivity index (χ2n) is 5.41. The van der Waals surface area contributed by atoms with Gasteiger partial charge in [0.15, 0.2) is 6.61 Å². The number of nitrogen functional groups attached to an aromatic ring is 1. The van der Waals surface area contributed by atoms with E-state index in [4.69, 9.17) is 10.5 Å². The summed E-state index contributed by atoms with van der Waals surface area (Å²) in [6.45, 7) is 0.956. The van der Waals surface area contributed by atoms with Crippen molar-refractivity contribution in [1.29, 1.82) is 0 Å². The standard InChI is InChI=1S/C16H14N4O7/c1-9-2-4-11(19(23)24)7-13(9)18-15(21)8-27-16(22)10-3-5-12(17)14(6-10)20(25)26/h2-7H,8,17H2,1H3,(H,18,21). The zero-order chi connectivity index (χ0) is 20.1. The van der Waals surface area contributed by atoms with E-state index in [1.54, 1.807) is 6.92 Å². The topological polar surface area (TPSA) is 168 Å². The lowest BCUT2D eigenvalue weighted by molar-refractivity contribution is -0.384. The SMILES string of the molecule is Cc1ccc([N+](=O)[O-])cc1NC(=O)COC(=O)c1ccc(N)c([N+](=O)[O-])c1. The van der Waals surface area contributed by atoms with Gasteiger partial charge in [-0.1, -0.05) is 6.07 Å². The van der Waals surface area contributed by atoms with Crippen LogP contribution in [0.1, 0.15) is 15.9 Å². The van der Waals surface area contributed by atoms with Crippen LogP contribution in [-0.4, -0.2) is 28.3 Å². The van der Waals surface area contributed by atoms with Crippen LogP contribution in [0.25, 0.3) is 0 Å². The molecule has 2 rings (SSSR count). The summed E-state index contributed by atoms with van der Waals surface area (Å²) >= 11 is 0. The highest BCUT2D eigenvalue weighted by atomic mass is 16.6. The number of benzene rings is 2. The third kappa shape index (κ3) is 4.75. The van der Waals surface area contributed by atoms with E-state index in [1.165, 1.54) is 30.3 Å². The molecule has 27 heavy (non-hydrogen) atoms. The number of nitrogens with zero attached hydrogens (tertiary/aromatic N) is 2. The Bertz CT molecular complexity index is 942. The molecule has 11 nitrogen and oxygen atoms in total. The van der Waals surface area contributed by atoms with Gasteiger partial charge in [0.2, 0.25) is 0 Å². The minimum atomic E-state index is -0.955. The van der Waals surface area contributed by atoms with Crippen molar-refractivity contribution in [2.45, 2.75) is 6.92 Å². The molecule has 0 fully saturated rings. The number of nitro benzene ring substituents is 2. The molecule has 11 heteroatoms. The largest absolute Gasteiger partial charge is 0.452 e. The van der Waals surface area contributed by atoms with E-state index in [0.717, 1.165) is 6.07 Å². The second-order valence-corrected chi connectivity index (χ2v) is 5.41. The van der Waals surface area contributed by atoms with Crippen LogP contribution in [0, 0.1) is 27.2 Å². The maximum absolute atomic E-state index is 11.9. The van der Waals surface area contributed by atoms with Gasteiger partial charge in [-0.2, -0.15) is 0 Å². The zero-order valence-corrected chi connectivity index (χ0v) is 14.0. The summed E-state index contributed by atoms with van der Waals surface area (Å²) in [5.41, 5.74) is 5.30. The maximum atomic E-state index is 11.9. The van der Waals surface area contributed by atoms with Crippen molar-refractivity contribution >= 4 is 34.6 Å².